The van der Waals surface area contributed by atoms with E-state index in [2.05, 4.69) is 22.0 Å². The zero-order valence-electron chi connectivity index (χ0n) is 9.56. The van der Waals surface area contributed by atoms with Gasteiger partial charge in [-0.2, -0.15) is 5.26 Å². The Morgan fingerprint density at radius 2 is 1.89 bits per heavy atom. The van der Waals surface area contributed by atoms with Gasteiger partial charge >= 0.3 is 0 Å². The minimum atomic E-state index is 0.428. The zero-order valence-corrected chi connectivity index (χ0v) is 11.1. The summed E-state index contributed by atoms with van der Waals surface area (Å²) < 4.78 is 6.54. The van der Waals surface area contributed by atoms with Crippen molar-refractivity contribution in [3.05, 3.63) is 58.1 Å². The molecule has 0 fully saturated rings. The van der Waals surface area contributed by atoms with Crippen LogP contribution in [0, 0.1) is 11.3 Å². The van der Waals surface area contributed by atoms with Gasteiger partial charge in [0.05, 0.1) is 17.3 Å². The van der Waals surface area contributed by atoms with Crippen molar-refractivity contribution in [3.63, 3.8) is 0 Å². The number of nitrogens with zero attached hydrogens (tertiary/aromatic N) is 1. The first-order valence-electron chi connectivity index (χ1n) is 5.36. The van der Waals surface area contributed by atoms with Crippen LogP contribution in [0.4, 0.5) is 5.69 Å². The maximum atomic E-state index is 8.70. The molecule has 0 unspecified atom stereocenters. The number of hydrogen-bond donors (Lipinski definition) is 1. The molecular weight excluding hydrogens is 292 g/mol. The lowest BCUT2D eigenvalue weighted by molar-refractivity contribution is 0.308. The molecule has 0 spiro atoms. The standard InChI is InChI=1S/C14H11BrN2O/c15-12-5-6-14(13(17)7-12)18-9-11-3-1-10(8-16)2-4-11/h1-7H,9,17H2. The number of halogens is 1. The monoisotopic (exact) mass is 302 g/mol. The summed E-state index contributed by atoms with van der Waals surface area (Å²) in [5.41, 5.74) is 8.07. The third kappa shape index (κ3) is 3.02. The summed E-state index contributed by atoms with van der Waals surface area (Å²) in [6.07, 6.45) is 0. The van der Waals surface area contributed by atoms with Gasteiger partial charge in [0, 0.05) is 4.47 Å². The summed E-state index contributed by atoms with van der Waals surface area (Å²) in [5.74, 6) is 0.655. The second kappa shape index (κ2) is 5.56. The number of nitrogens with two attached hydrogens (primary N) is 1. The average molecular weight is 303 g/mol. The molecule has 0 bridgehead atoms. The lowest BCUT2D eigenvalue weighted by Gasteiger charge is -2.09. The van der Waals surface area contributed by atoms with E-state index in [4.69, 9.17) is 15.7 Å². The molecule has 0 saturated heterocycles. The first kappa shape index (κ1) is 12.5. The molecule has 0 atom stereocenters. The van der Waals surface area contributed by atoms with Gasteiger partial charge in [-0.1, -0.05) is 28.1 Å². The van der Waals surface area contributed by atoms with Crippen LogP contribution in [-0.4, -0.2) is 0 Å². The molecule has 0 aliphatic rings. The molecule has 2 aromatic carbocycles. The minimum Gasteiger partial charge on any atom is -0.487 e. The number of anilines is 1. The van der Waals surface area contributed by atoms with Gasteiger partial charge in [0.15, 0.2) is 0 Å². The Morgan fingerprint density at radius 1 is 1.17 bits per heavy atom. The number of rotatable bonds is 3. The molecule has 3 nitrogen and oxygen atoms in total. The van der Waals surface area contributed by atoms with Crippen LogP contribution in [0.15, 0.2) is 46.9 Å². The Balaban J connectivity index is 2.04. The highest BCUT2D eigenvalue weighted by atomic mass is 79.9. The minimum absolute atomic E-state index is 0.428. The van der Waals surface area contributed by atoms with Crippen LogP contribution in [0.3, 0.4) is 0 Å². The smallest absolute Gasteiger partial charge is 0.142 e. The molecule has 0 aliphatic heterocycles. The molecule has 0 heterocycles. The van der Waals surface area contributed by atoms with Crippen molar-refractivity contribution < 1.29 is 4.74 Å². The molecule has 2 N–H and O–H groups in total. The van der Waals surface area contributed by atoms with E-state index in [1.807, 2.05) is 24.3 Å². The van der Waals surface area contributed by atoms with Crippen molar-refractivity contribution in [2.45, 2.75) is 6.61 Å². The van der Waals surface area contributed by atoms with Crippen LogP contribution in [0.1, 0.15) is 11.1 Å². The third-order valence-corrected chi connectivity index (χ3v) is 2.94. The predicted molar refractivity (Wildman–Crippen MR) is 74.0 cm³/mol. The molecule has 0 aliphatic carbocycles. The van der Waals surface area contributed by atoms with Crippen molar-refractivity contribution in [2.75, 3.05) is 5.73 Å². The summed E-state index contributed by atoms with van der Waals surface area (Å²) in [4.78, 5) is 0. The van der Waals surface area contributed by atoms with E-state index >= 15 is 0 Å². The van der Waals surface area contributed by atoms with Gasteiger partial charge in [-0.15, -0.1) is 0 Å². The van der Waals surface area contributed by atoms with Gasteiger partial charge in [0.25, 0.3) is 0 Å². The SMILES string of the molecule is N#Cc1ccc(COc2ccc(Br)cc2N)cc1. The fourth-order valence-electron chi connectivity index (χ4n) is 1.49. The van der Waals surface area contributed by atoms with E-state index in [0.717, 1.165) is 10.0 Å². The van der Waals surface area contributed by atoms with Gasteiger partial charge in [-0.3, -0.25) is 0 Å². The second-order valence-electron chi connectivity index (χ2n) is 3.78. The van der Waals surface area contributed by atoms with Crippen molar-refractivity contribution in [1.29, 1.82) is 5.26 Å². The number of nitrogen functional groups attached to an aromatic ring is 1. The fourth-order valence-corrected chi connectivity index (χ4v) is 1.87. The van der Waals surface area contributed by atoms with Crippen LogP contribution in [-0.2, 0) is 6.61 Å². The number of ether oxygens (including phenoxy) is 1. The van der Waals surface area contributed by atoms with E-state index in [1.165, 1.54) is 0 Å². The molecule has 2 rings (SSSR count). The quantitative estimate of drug-likeness (QED) is 0.883. The number of hydrogen-bond acceptors (Lipinski definition) is 3. The van der Waals surface area contributed by atoms with Gasteiger partial charge < -0.3 is 10.5 Å². The molecule has 4 heteroatoms. The lowest BCUT2D eigenvalue weighted by atomic mass is 10.1. The van der Waals surface area contributed by atoms with E-state index < -0.39 is 0 Å². The molecule has 0 aromatic heterocycles. The first-order chi connectivity index (χ1) is 8.69. The highest BCUT2D eigenvalue weighted by molar-refractivity contribution is 9.10. The summed E-state index contributed by atoms with van der Waals surface area (Å²) in [5, 5.41) is 8.70. The topological polar surface area (TPSA) is 59.0 Å². The maximum absolute atomic E-state index is 8.70. The van der Waals surface area contributed by atoms with E-state index in [-0.39, 0.29) is 0 Å². The summed E-state index contributed by atoms with van der Waals surface area (Å²) in [7, 11) is 0. The van der Waals surface area contributed by atoms with Gasteiger partial charge in [0.2, 0.25) is 0 Å². The summed E-state index contributed by atoms with van der Waals surface area (Å²) >= 11 is 3.34. The van der Waals surface area contributed by atoms with Crippen molar-refractivity contribution in [3.8, 4) is 11.8 Å². The molecule has 0 radical (unpaired) electrons. The molecular formula is C14H11BrN2O. The summed E-state index contributed by atoms with van der Waals surface area (Å²) in [6, 6.07) is 14.9. The Kier molecular flexibility index (Phi) is 3.85. The second-order valence-corrected chi connectivity index (χ2v) is 4.70. The maximum Gasteiger partial charge on any atom is 0.142 e. The van der Waals surface area contributed by atoms with Gasteiger partial charge in [-0.05, 0) is 35.9 Å². The molecule has 18 heavy (non-hydrogen) atoms. The third-order valence-electron chi connectivity index (χ3n) is 2.45. The van der Waals surface area contributed by atoms with Crippen molar-refractivity contribution in [1.82, 2.24) is 0 Å². The molecule has 90 valence electrons. The highest BCUT2D eigenvalue weighted by Gasteiger charge is 2.01. The molecule has 2 aromatic rings. The van der Waals surface area contributed by atoms with E-state index in [0.29, 0.717) is 23.6 Å². The Bertz CT molecular complexity index is 588. The van der Waals surface area contributed by atoms with Crippen LogP contribution < -0.4 is 10.5 Å². The Morgan fingerprint density at radius 3 is 2.50 bits per heavy atom. The van der Waals surface area contributed by atoms with Gasteiger partial charge in [-0.25, -0.2) is 0 Å². The lowest BCUT2D eigenvalue weighted by Crippen LogP contribution is -1.98. The largest absolute Gasteiger partial charge is 0.487 e. The predicted octanol–water partition coefficient (Wildman–Crippen LogP) is 3.48. The van der Waals surface area contributed by atoms with Crippen LogP contribution >= 0.6 is 15.9 Å². The van der Waals surface area contributed by atoms with Crippen LogP contribution in [0.5, 0.6) is 5.75 Å². The Hall–Kier alpha value is -1.99. The van der Waals surface area contributed by atoms with Gasteiger partial charge in [0.1, 0.15) is 12.4 Å². The first-order valence-corrected chi connectivity index (χ1v) is 6.15. The Labute approximate surface area is 114 Å². The van der Waals surface area contributed by atoms with E-state index in [1.54, 1.807) is 18.2 Å². The summed E-state index contributed by atoms with van der Waals surface area (Å²) in [6.45, 7) is 0.428. The zero-order chi connectivity index (χ0) is 13.0. The van der Waals surface area contributed by atoms with E-state index in [9.17, 15) is 0 Å². The number of nitriles is 1. The molecule has 0 saturated carbocycles. The average Bonchev–Trinajstić information content (AvgIpc) is 2.38. The molecule has 0 amide bonds. The van der Waals surface area contributed by atoms with Crippen molar-refractivity contribution in [2.24, 2.45) is 0 Å². The van der Waals surface area contributed by atoms with Crippen molar-refractivity contribution >= 4 is 21.6 Å². The van der Waals surface area contributed by atoms with Crippen LogP contribution in [0.2, 0.25) is 0 Å². The fraction of sp³-hybridized carbons (Fsp3) is 0.0714. The van der Waals surface area contributed by atoms with Crippen LogP contribution in [0.25, 0.3) is 0 Å². The highest BCUT2D eigenvalue weighted by Crippen LogP contribution is 2.25. The normalized spacial score (nSPS) is 9.78. The number of benzene rings is 2.